The minimum atomic E-state index is -0.439. The van der Waals surface area contributed by atoms with Crippen LogP contribution in [0.1, 0.15) is 17.0 Å². The number of nitro benzene ring substituents is 1. The molecule has 1 saturated heterocycles. The molecule has 3 rings (SSSR count). The second-order valence-electron chi connectivity index (χ2n) is 5.29. The van der Waals surface area contributed by atoms with Crippen molar-refractivity contribution in [3.05, 3.63) is 62.3 Å². The standard InChI is InChI=1S/C16H13N3O4S/c1-9-6-11(7-14-15(20)17-16(21)24-14)10(2)18(9)12-4-3-5-13(8-12)19(22)23/h3-8H,1-2H3,(H,17,20,21)/b14-7-. The summed E-state index contributed by atoms with van der Waals surface area (Å²) in [5.41, 5.74) is 3.16. The minimum Gasteiger partial charge on any atom is -0.318 e. The molecule has 2 amide bonds. The van der Waals surface area contributed by atoms with Crippen molar-refractivity contribution in [2.24, 2.45) is 0 Å². The molecule has 0 atom stereocenters. The Hall–Kier alpha value is -2.87. The summed E-state index contributed by atoms with van der Waals surface area (Å²) in [5, 5.41) is 12.8. The van der Waals surface area contributed by atoms with Crippen LogP contribution in [0.4, 0.5) is 10.5 Å². The lowest BCUT2D eigenvalue weighted by Crippen LogP contribution is -2.17. The molecular weight excluding hydrogens is 330 g/mol. The second kappa shape index (κ2) is 5.97. The lowest BCUT2D eigenvalue weighted by Gasteiger charge is -2.09. The normalized spacial score (nSPS) is 15.8. The summed E-state index contributed by atoms with van der Waals surface area (Å²) in [7, 11) is 0. The third-order valence-corrected chi connectivity index (χ3v) is 4.51. The number of nitrogens with zero attached hydrogens (tertiary/aromatic N) is 2. The molecule has 0 aliphatic carbocycles. The van der Waals surface area contributed by atoms with E-state index in [1.807, 2.05) is 24.5 Å². The largest absolute Gasteiger partial charge is 0.318 e. The van der Waals surface area contributed by atoms with Crippen molar-refractivity contribution in [3.8, 4) is 5.69 Å². The average Bonchev–Trinajstić information content (AvgIpc) is 2.98. The molecule has 2 aromatic rings. The van der Waals surface area contributed by atoms with Gasteiger partial charge in [-0.15, -0.1) is 0 Å². The highest BCUT2D eigenvalue weighted by Gasteiger charge is 2.25. The lowest BCUT2D eigenvalue weighted by molar-refractivity contribution is -0.384. The van der Waals surface area contributed by atoms with E-state index in [4.69, 9.17) is 0 Å². The Bertz CT molecular complexity index is 914. The minimum absolute atomic E-state index is 0.0104. The van der Waals surface area contributed by atoms with E-state index in [9.17, 15) is 19.7 Å². The molecule has 1 aromatic carbocycles. The van der Waals surface area contributed by atoms with Crippen molar-refractivity contribution in [3.63, 3.8) is 0 Å². The number of carbonyl (C=O) groups is 2. The molecule has 1 N–H and O–H groups in total. The van der Waals surface area contributed by atoms with Crippen molar-refractivity contribution < 1.29 is 14.5 Å². The molecule has 1 aromatic heterocycles. The number of aryl methyl sites for hydroxylation is 1. The van der Waals surface area contributed by atoms with Gasteiger partial charge in [0.2, 0.25) is 0 Å². The molecule has 7 nitrogen and oxygen atoms in total. The molecule has 0 spiro atoms. The quantitative estimate of drug-likeness (QED) is 0.524. The Morgan fingerprint density at radius 3 is 2.62 bits per heavy atom. The van der Waals surface area contributed by atoms with E-state index in [0.717, 1.165) is 28.7 Å². The summed E-state index contributed by atoms with van der Waals surface area (Å²) >= 11 is 0.857. The van der Waals surface area contributed by atoms with Crippen LogP contribution in [0.5, 0.6) is 0 Å². The number of non-ortho nitro benzene ring substituents is 1. The van der Waals surface area contributed by atoms with Gasteiger partial charge < -0.3 is 4.57 Å². The first-order valence-corrected chi connectivity index (χ1v) is 7.87. The lowest BCUT2D eigenvalue weighted by atomic mass is 10.2. The number of nitrogens with one attached hydrogen (secondary N) is 1. The summed E-state index contributed by atoms with van der Waals surface area (Å²) in [6, 6.07) is 8.22. The van der Waals surface area contributed by atoms with Crippen LogP contribution in [0.3, 0.4) is 0 Å². The van der Waals surface area contributed by atoms with E-state index >= 15 is 0 Å². The highest BCUT2D eigenvalue weighted by molar-refractivity contribution is 8.18. The molecule has 2 heterocycles. The first kappa shape index (κ1) is 16.0. The maximum absolute atomic E-state index is 11.7. The van der Waals surface area contributed by atoms with Crippen molar-refractivity contribution in [1.29, 1.82) is 0 Å². The van der Waals surface area contributed by atoms with Gasteiger partial charge in [-0.2, -0.15) is 0 Å². The van der Waals surface area contributed by atoms with E-state index in [0.29, 0.717) is 10.6 Å². The summed E-state index contributed by atoms with van der Waals surface area (Å²) in [4.78, 5) is 33.8. The third-order valence-electron chi connectivity index (χ3n) is 3.70. The highest BCUT2D eigenvalue weighted by atomic mass is 32.2. The van der Waals surface area contributed by atoms with Crippen LogP contribution in [0.2, 0.25) is 0 Å². The van der Waals surface area contributed by atoms with Gasteiger partial charge >= 0.3 is 0 Å². The number of hydrogen-bond donors (Lipinski definition) is 1. The fraction of sp³-hybridized carbons (Fsp3) is 0.125. The van der Waals surface area contributed by atoms with Gasteiger partial charge in [0, 0.05) is 23.5 Å². The van der Waals surface area contributed by atoms with E-state index in [2.05, 4.69) is 5.32 Å². The van der Waals surface area contributed by atoms with Gasteiger partial charge in [-0.3, -0.25) is 25.0 Å². The first-order chi connectivity index (χ1) is 11.4. The maximum atomic E-state index is 11.7. The Morgan fingerprint density at radius 1 is 1.25 bits per heavy atom. The van der Waals surface area contributed by atoms with Crippen LogP contribution in [-0.4, -0.2) is 20.6 Å². The van der Waals surface area contributed by atoms with Crippen LogP contribution >= 0.6 is 11.8 Å². The third kappa shape index (κ3) is 2.83. The fourth-order valence-electron chi connectivity index (χ4n) is 2.64. The summed E-state index contributed by atoms with van der Waals surface area (Å²) < 4.78 is 1.87. The van der Waals surface area contributed by atoms with Gasteiger partial charge in [0.05, 0.1) is 15.5 Å². The Kier molecular flexibility index (Phi) is 3.98. The van der Waals surface area contributed by atoms with E-state index in [1.54, 1.807) is 18.2 Å². The van der Waals surface area contributed by atoms with Gasteiger partial charge in [-0.05, 0) is 49.4 Å². The van der Waals surface area contributed by atoms with Gasteiger partial charge in [-0.1, -0.05) is 6.07 Å². The van der Waals surface area contributed by atoms with Crippen LogP contribution < -0.4 is 5.32 Å². The monoisotopic (exact) mass is 343 g/mol. The summed E-state index contributed by atoms with van der Waals surface area (Å²) in [6.45, 7) is 3.73. The zero-order chi connectivity index (χ0) is 17.4. The van der Waals surface area contributed by atoms with Crippen LogP contribution in [0.25, 0.3) is 11.8 Å². The summed E-state index contributed by atoms with van der Waals surface area (Å²) in [6.07, 6.45) is 1.65. The Morgan fingerprint density at radius 2 is 2.00 bits per heavy atom. The highest BCUT2D eigenvalue weighted by Crippen LogP contribution is 2.29. The Balaban J connectivity index is 2.06. The number of amides is 2. The Labute approximate surface area is 141 Å². The van der Waals surface area contributed by atoms with Gasteiger partial charge in [0.15, 0.2) is 0 Å². The predicted octanol–water partition coefficient (Wildman–Crippen LogP) is 3.33. The van der Waals surface area contributed by atoms with Crippen LogP contribution in [-0.2, 0) is 4.79 Å². The number of rotatable bonds is 3. The number of nitro groups is 1. The molecule has 1 aliphatic rings. The van der Waals surface area contributed by atoms with Gasteiger partial charge in [-0.25, -0.2) is 0 Å². The zero-order valence-corrected chi connectivity index (χ0v) is 13.7. The second-order valence-corrected chi connectivity index (χ2v) is 6.31. The van der Waals surface area contributed by atoms with E-state index in [-0.39, 0.29) is 5.69 Å². The number of thioether (sulfide) groups is 1. The number of imide groups is 1. The molecule has 0 radical (unpaired) electrons. The number of hydrogen-bond acceptors (Lipinski definition) is 5. The molecular formula is C16H13N3O4S. The van der Waals surface area contributed by atoms with E-state index < -0.39 is 16.1 Å². The summed E-state index contributed by atoms with van der Waals surface area (Å²) in [5.74, 6) is -0.412. The molecule has 1 aliphatic heterocycles. The number of carbonyl (C=O) groups excluding carboxylic acids is 2. The fourth-order valence-corrected chi connectivity index (χ4v) is 3.31. The van der Waals surface area contributed by atoms with Crippen molar-refractivity contribution in [2.75, 3.05) is 0 Å². The first-order valence-electron chi connectivity index (χ1n) is 7.05. The molecule has 0 saturated carbocycles. The molecule has 24 heavy (non-hydrogen) atoms. The number of aromatic nitrogens is 1. The SMILES string of the molecule is Cc1cc(/C=C2\SC(=O)NC2=O)c(C)n1-c1cccc([N+](=O)[O-])c1. The van der Waals surface area contributed by atoms with Crippen LogP contribution in [0, 0.1) is 24.0 Å². The maximum Gasteiger partial charge on any atom is 0.290 e. The smallest absolute Gasteiger partial charge is 0.290 e. The molecule has 1 fully saturated rings. The van der Waals surface area contributed by atoms with Crippen molar-refractivity contribution >= 4 is 34.7 Å². The zero-order valence-electron chi connectivity index (χ0n) is 12.9. The number of benzene rings is 1. The predicted molar refractivity (Wildman–Crippen MR) is 91.0 cm³/mol. The topological polar surface area (TPSA) is 94.2 Å². The molecule has 8 heteroatoms. The molecule has 0 unspecified atom stereocenters. The van der Waals surface area contributed by atoms with Crippen molar-refractivity contribution in [1.82, 2.24) is 9.88 Å². The van der Waals surface area contributed by atoms with Crippen LogP contribution in [0.15, 0.2) is 35.2 Å². The van der Waals surface area contributed by atoms with Gasteiger partial charge in [0.1, 0.15) is 0 Å². The van der Waals surface area contributed by atoms with Gasteiger partial charge in [0.25, 0.3) is 16.8 Å². The van der Waals surface area contributed by atoms with Crippen molar-refractivity contribution in [2.45, 2.75) is 13.8 Å². The molecule has 0 bridgehead atoms. The average molecular weight is 343 g/mol. The van der Waals surface area contributed by atoms with E-state index in [1.165, 1.54) is 12.1 Å². The molecule has 122 valence electrons.